The van der Waals surface area contributed by atoms with Gasteiger partial charge in [0.15, 0.2) is 4.91 Å². The molecule has 106 valence electrons. The Hall–Kier alpha value is -2.29. The van der Waals surface area contributed by atoms with Crippen molar-refractivity contribution in [3.05, 3.63) is 70.1 Å². The first-order valence-corrected chi connectivity index (χ1v) is 7.82. The topological polar surface area (TPSA) is 70.0 Å². The highest BCUT2D eigenvalue weighted by Gasteiger charge is 2.17. The third-order valence-electron chi connectivity index (χ3n) is 2.57. The molecule has 0 unspecified atom stereocenters. The molecule has 2 aromatic carbocycles. The van der Waals surface area contributed by atoms with Gasteiger partial charge in [0, 0.05) is 10.7 Å². The lowest BCUT2D eigenvalue weighted by Crippen LogP contribution is -2.14. The van der Waals surface area contributed by atoms with Crippen LogP contribution >= 0.6 is 11.6 Å². The summed E-state index contributed by atoms with van der Waals surface area (Å²) >= 11 is 5.84. The van der Waals surface area contributed by atoms with Crippen LogP contribution in [0.4, 0.5) is 5.69 Å². The summed E-state index contributed by atoms with van der Waals surface area (Å²) in [6.07, 6.45) is 1.27. The van der Waals surface area contributed by atoms with Crippen LogP contribution in [0.3, 0.4) is 0 Å². The second-order valence-electron chi connectivity index (χ2n) is 4.15. The van der Waals surface area contributed by atoms with Gasteiger partial charge in [0.05, 0.1) is 0 Å². The van der Waals surface area contributed by atoms with Crippen LogP contribution in [-0.2, 0) is 10.0 Å². The summed E-state index contributed by atoms with van der Waals surface area (Å²) in [5.41, 5.74) is 0.933. The van der Waals surface area contributed by atoms with E-state index < -0.39 is 10.0 Å². The molecular weight excluding hydrogens is 308 g/mol. The maximum Gasteiger partial charge on any atom is 0.272 e. The fourth-order valence-corrected chi connectivity index (χ4v) is 2.80. The number of benzene rings is 2. The number of nitriles is 1. The molecule has 0 aliphatic carbocycles. The van der Waals surface area contributed by atoms with Gasteiger partial charge < -0.3 is 0 Å². The zero-order valence-electron chi connectivity index (χ0n) is 10.8. The molecule has 0 atom stereocenters. The van der Waals surface area contributed by atoms with E-state index in [1.165, 1.54) is 6.08 Å². The van der Waals surface area contributed by atoms with E-state index in [9.17, 15) is 8.42 Å². The molecule has 21 heavy (non-hydrogen) atoms. The quantitative estimate of drug-likeness (QED) is 0.875. The predicted molar refractivity (Wildman–Crippen MR) is 84.0 cm³/mol. The zero-order chi connectivity index (χ0) is 15.3. The standard InChI is InChI=1S/C15H11ClN2O2S/c16-13-6-4-5-12(9-13)10-15(11-17)21(19,20)18-14-7-2-1-3-8-14/h1-10,18H/b15-10+. The Kier molecular flexibility index (Phi) is 4.63. The van der Waals surface area contributed by atoms with Gasteiger partial charge in [-0.05, 0) is 35.9 Å². The lowest BCUT2D eigenvalue weighted by atomic mass is 10.2. The Labute approximate surface area is 128 Å². The molecule has 0 aliphatic rings. The molecule has 0 amide bonds. The van der Waals surface area contributed by atoms with Gasteiger partial charge >= 0.3 is 0 Å². The molecule has 0 aliphatic heterocycles. The first-order chi connectivity index (χ1) is 10.0. The monoisotopic (exact) mass is 318 g/mol. The first kappa shape index (κ1) is 15.1. The summed E-state index contributed by atoms with van der Waals surface area (Å²) in [6, 6.07) is 16.7. The van der Waals surface area contributed by atoms with Crippen molar-refractivity contribution in [3.8, 4) is 6.07 Å². The summed E-state index contributed by atoms with van der Waals surface area (Å²) in [5, 5.41) is 9.57. The highest BCUT2D eigenvalue weighted by atomic mass is 35.5. The van der Waals surface area contributed by atoms with E-state index in [-0.39, 0.29) is 4.91 Å². The van der Waals surface area contributed by atoms with Crippen LogP contribution in [0.25, 0.3) is 6.08 Å². The van der Waals surface area contributed by atoms with Crippen LogP contribution in [0.1, 0.15) is 5.56 Å². The number of para-hydroxylation sites is 1. The Morgan fingerprint density at radius 2 is 1.86 bits per heavy atom. The minimum absolute atomic E-state index is 0.381. The van der Waals surface area contributed by atoms with Gasteiger partial charge in [-0.25, -0.2) is 8.42 Å². The Bertz CT molecular complexity index is 809. The normalized spacial score (nSPS) is 11.7. The molecule has 6 heteroatoms. The third kappa shape index (κ3) is 4.09. The molecule has 2 rings (SSSR count). The lowest BCUT2D eigenvalue weighted by Gasteiger charge is -2.06. The lowest BCUT2D eigenvalue weighted by molar-refractivity contribution is 0.608. The first-order valence-electron chi connectivity index (χ1n) is 5.96. The third-order valence-corrected chi connectivity index (χ3v) is 4.10. The van der Waals surface area contributed by atoms with E-state index in [1.807, 2.05) is 0 Å². The smallest absolute Gasteiger partial charge is 0.272 e. The van der Waals surface area contributed by atoms with Crippen molar-refractivity contribution in [3.63, 3.8) is 0 Å². The van der Waals surface area contributed by atoms with Crippen LogP contribution < -0.4 is 4.72 Å². The minimum Gasteiger partial charge on any atom is -0.279 e. The second-order valence-corrected chi connectivity index (χ2v) is 6.23. The SMILES string of the molecule is N#C/C(=C\c1cccc(Cl)c1)S(=O)(=O)Nc1ccccc1. The van der Waals surface area contributed by atoms with Crippen molar-refractivity contribution in [1.82, 2.24) is 0 Å². The molecule has 0 fully saturated rings. The number of sulfonamides is 1. The zero-order valence-corrected chi connectivity index (χ0v) is 12.4. The van der Waals surface area contributed by atoms with E-state index in [2.05, 4.69) is 4.72 Å². The Morgan fingerprint density at radius 1 is 1.14 bits per heavy atom. The molecule has 0 spiro atoms. The molecule has 0 heterocycles. The fourth-order valence-electron chi connectivity index (χ4n) is 1.63. The number of hydrogen-bond acceptors (Lipinski definition) is 3. The number of nitrogens with zero attached hydrogens (tertiary/aromatic N) is 1. The number of rotatable bonds is 4. The average Bonchev–Trinajstić information content (AvgIpc) is 2.45. The van der Waals surface area contributed by atoms with Crippen molar-refractivity contribution in [1.29, 1.82) is 5.26 Å². The summed E-state index contributed by atoms with van der Waals surface area (Å²) in [5.74, 6) is 0. The van der Waals surface area contributed by atoms with Crippen LogP contribution in [0, 0.1) is 11.3 Å². The number of nitrogens with one attached hydrogen (secondary N) is 1. The van der Waals surface area contributed by atoms with E-state index in [1.54, 1.807) is 60.7 Å². The van der Waals surface area contributed by atoms with Gasteiger partial charge in [0.1, 0.15) is 6.07 Å². The van der Waals surface area contributed by atoms with Crippen molar-refractivity contribution in [2.75, 3.05) is 4.72 Å². The van der Waals surface area contributed by atoms with E-state index in [4.69, 9.17) is 16.9 Å². The van der Waals surface area contributed by atoms with E-state index in [0.717, 1.165) is 0 Å². The van der Waals surface area contributed by atoms with Gasteiger partial charge in [-0.2, -0.15) is 5.26 Å². The summed E-state index contributed by atoms with van der Waals surface area (Å²) < 4.78 is 26.7. The van der Waals surface area contributed by atoms with E-state index >= 15 is 0 Å². The van der Waals surface area contributed by atoms with Crippen LogP contribution in [0.15, 0.2) is 59.5 Å². The molecule has 0 bridgehead atoms. The van der Waals surface area contributed by atoms with Crippen molar-refractivity contribution in [2.24, 2.45) is 0 Å². The maximum atomic E-state index is 12.2. The number of anilines is 1. The maximum absolute atomic E-state index is 12.2. The number of allylic oxidation sites excluding steroid dienone is 1. The molecular formula is C15H11ClN2O2S. The second kappa shape index (κ2) is 6.44. The highest BCUT2D eigenvalue weighted by molar-refractivity contribution is 7.96. The Balaban J connectivity index is 2.34. The molecule has 0 saturated heterocycles. The summed E-state index contributed by atoms with van der Waals surface area (Å²) in [6.45, 7) is 0. The number of halogens is 1. The summed E-state index contributed by atoms with van der Waals surface area (Å²) in [4.78, 5) is -0.381. The molecule has 2 aromatic rings. The van der Waals surface area contributed by atoms with Gasteiger partial charge in [-0.1, -0.05) is 41.9 Å². The summed E-state index contributed by atoms with van der Waals surface area (Å²) in [7, 11) is -3.93. The Morgan fingerprint density at radius 3 is 2.48 bits per heavy atom. The van der Waals surface area contributed by atoms with Gasteiger partial charge in [0.2, 0.25) is 0 Å². The molecule has 1 N–H and O–H groups in total. The van der Waals surface area contributed by atoms with Crippen molar-refractivity contribution < 1.29 is 8.42 Å². The van der Waals surface area contributed by atoms with Crippen LogP contribution in [0.5, 0.6) is 0 Å². The van der Waals surface area contributed by atoms with Crippen molar-refractivity contribution >= 4 is 33.4 Å². The fraction of sp³-hybridized carbons (Fsp3) is 0. The van der Waals surface area contributed by atoms with Crippen LogP contribution in [-0.4, -0.2) is 8.42 Å². The van der Waals surface area contributed by atoms with E-state index in [0.29, 0.717) is 16.3 Å². The van der Waals surface area contributed by atoms with Gasteiger partial charge in [-0.15, -0.1) is 0 Å². The van der Waals surface area contributed by atoms with Gasteiger partial charge in [-0.3, -0.25) is 4.72 Å². The predicted octanol–water partition coefficient (Wildman–Crippen LogP) is 3.65. The minimum atomic E-state index is -3.93. The van der Waals surface area contributed by atoms with Gasteiger partial charge in [0.25, 0.3) is 10.0 Å². The molecule has 0 radical (unpaired) electrons. The molecule has 4 nitrogen and oxygen atoms in total. The van der Waals surface area contributed by atoms with Crippen LogP contribution in [0.2, 0.25) is 5.02 Å². The largest absolute Gasteiger partial charge is 0.279 e. The molecule has 0 saturated carbocycles. The van der Waals surface area contributed by atoms with Crippen molar-refractivity contribution in [2.45, 2.75) is 0 Å². The average molecular weight is 319 g/mol. The number of hydrogen-bond donors (Lipinski definition) is 1. The highest BCUT2D eigenvalue weighted by Crippen LogP contribution is 2.18. The molecule has 0 aromatic heterocycles.